The lowest BCUT2D eigenvalue weighted by molar-refractivity contribution is 0.407. The Kier molecular flexibility index (Phi) is 5.62. The average molecular weight is 350 g/mol. The Morgan fingerprint density at radius 3 is 2.52 bits per heavy atom. The van der Waals surface area contributed by atoms with Crippen molar-refractivity contribution in [1.82, 2.24) is 4.72 Å². The van der Waals surface area contributed by atoms with Crippen LogP contribution < -0.4 is 4.72 Å². The zero-order chi connectivity index (χ0) is 16.2. The molecule has 4 heteroatoms. The standard InChI is InChI=1S/C19H21ClFNS/c1-13-11-12-16(20)18(21)17(13)19(14-7-5-6-8-14)22-23-15-9-3-2-4-10-15/h2-4,9-12,14,19,22H,5-8H2,1H3. The van der Waals surface area contributed by atoms with E-state index >= 15 is 0 Å². The first-order chi connectivity index (χ1) is 11.2. The first-order valence-corrected chi connectivity index (χ1v) is 9.28. The van der Waals surface area contributed by atoms with Crippen molar-refractivity contribution in [3.8, 4) is 0 Å². The fraction of sp³-hybridized carbons (Fsp3) is 0.368. The van der Waals surface area contributed by atoms with Gasteiger partial charge in [-0.15, -0.1) is 0 Å². The number of rotatable bonds is 5. The van der Waals surface area contributed by atoms with E-state index in [0.717, 1.165) is 28.9 Å². The van der Waals surface area contributed by atoms with E-state index in [9.17, 15) is 4.39 Å². The quantitative estimate of drug-likeness (QED) is 0.634. The molecule has 0 amide bonds. The highest BCUT2D eigenvalue weighted by Gasteiger charge is 2.30. The van der Waals surface area contributed by atoms with Crippen molar-refractivity contribution < 1.29 is 4.39 Å². The van der Waals surface area contributed by atoms with Crippen molar-refractivity contribution >= 4 is 23.5 Å². The van der Waals surface area contributed by atoms with Crippen LogP contribution in [0.15, 0.2) is 47.4 Å². The SMILES string of the molecule is Cc1ccc(Cl)c(F)c1C(NSc1ccccc1)C1CCCC1. The summed E-state index contributed by atoms with van der Waals surface area (Å²) in [4.78, 5) is 1.13. The van der Waals surface area contributed by atoms with Crippen LogP contribution in [0, 0.1) is 18.7 Å². The van der Waals surface area contributed by atoms with Crippen LogP contribution in [0.4, 0.5) is 4.39 Å². The van der Waals surface area contributed by atoms with Gasteiger partial charge in [-0.05, 0) is 61.4 Å². The molecular weight excluding hydrogens is 329 g/mol. The van der Waals surface area contributed by atoms with Crippen molar-refractivity contribution in [3.05, 3.63) is 64.4 Å². The summed E-state index contributed by atoms with van der Waals surface area (Å²) in [7, 11) is 0. The van der Waals surface area contributed by atoms with Gasteiger partial charge in [0.15, 0.2) is 0 Å². The third kappa shape index (κ3) is 3.90. The third-order valence-corrected chi connectivity index (χ3v) is 5.75. The van der Waals surface area contributed by atoms with E-state index in [1.807, 2.05) is 31.2 Å². The van der Waals surface area contributed by atoms with E-state index in [1.165, 1.54) is 12.8 Å². The molecule has 1 N–H and O–H groups in total. The Labute approximate surface area is 146 Å². The monoisotopic (exact) mass is 349 g/mol. The van der Waals surface area contributed by atoms with Gasteiger partial charge in [0, 0.05) is 16.5 Å². The Balaban J connectivity index is 1.88. The van der Waals surface area contributed by atoms with Gasteiger partial charge in [0.05, 0.1) is 5.02 Å². The van der Waals surface area contributed by atoms with Crippen LogP contribution in [0.1, 0.15) is 42.9 Å². The summed E-state index contributed by atoms with van der Waals surface area (Å²) in [5.41, 5.74) is 1.69. The lowest BCUT2D eigenvalue weighted by atomic mass is 9.89. The molecule has 0 radical (unpaired) electrons. The third-order valence-electron chi connectivity index (χ3n) is 4.58. The molecule has 0 bridgehead atoms. The Morgan fingerprint density at radius 1 is 1.13 bits per heavy atom. The molecule has 0 heterocycles. The topological polar surface area (TPSA) is 12.0 Å². The summed E-state index contributed by atoms with van der Waals surface area (Å²) in [6.45, 7) is 1.96. The number of hydrogen-bond donors (Lipinski definition) is 1. The van der Waals surface area contributed by atoms with Crippen LogP contribution in [0.5, 0.6) is 0 Å². The summed E-state index contributed by atoms with van der Waals surface area (Å²) >= 11 is 7.62. The van der Waals surface area contributed by atoms with E-state index in [0.29, 0.717) is 5.92 Å². The summed E-state index contributed by atoms with van der Waals surface area (Å²) in [5.74, 6) is 0.183. The molecule has 1 nitrogen and oxygen atoms in total. The zero-order valence-electron chi connectivity index (χ0n) is 13.2. The maximum absolute atomic E-state index is 14.7. The normalized spacial score (nSPS) is 16.7. The van der Waals surface area contributed by atoms with Crippen molar-refractivity contribution in [2.45, 2.75) is 43.5 Å². The number of hydrogen-bond acceptors (Lipinski definition) is 2. The summed E-state index contributed by atoms with van der Waals surface area (Å²) < 4.78 is 18.2. The van der Waals surface area contributed by atoms with E-state index in [1.54, 1.807) is 18.0 Å². The molecule has 23 heavy (non-hydrogen) atoms. The van der Waals surface area contributed by atoms with Crippen LogP contribution in [0.2, 0.25) is 5.02 Å². The first-order valence-electron chi connectivity index (χ1n) is 8.08. The van der Waals surface area contributed by atoms with Crippen LogP contribution in [-0.2, 0) is 0 Å². The summed E-state index contributed by atoms with van der Waals surface area (Å²) in [6, 6.07) is 13.7. The van der Waals surface area contributed by atoms with Gasteiger partial charge in [0.2, 0.25) is 0 Å². The van der Waals surface area contributed by atoms with Crippen LogP contribution in [0.3, 0.4) is 0 Å². The highest BCUT2D eigenvalue weighted by atomic mass is 35.5. The molecule has 1 aliphatic carbocycles. The second-order valence-electron chi connectivity index (χ2n) is 6.15. The lowest BCUT2D eigenvalue weighted by Crippen LogP contribution is -2.24. The minimum atomic E-state index is -0.273. The van der Waals surface area contributed by atoms with E-state index in [-0.39, 0.29) is 16.9 Å². The van der Waals surface area contributed by atoms with Gasteiger partial charge in [0.25, 0.3) is 0 Å². The maximum Gasteiger partial charge on any atom is 0.146 e. The fourth-order valence-electron chi connectivity index (χ4n) is 3.35. The second-order valence-corrected chi connectivity index (χ2v) is 7.47. The Morgan fingerprint density at radius 2 is 1.83 bits per heavy atom. The van der Waals surface area contributed by atoms with Crippen molar-refractivity contribution in [2.75, 3.05) is 0 Å². The molecule has 1 aliphatic rings. The van der Waals surface area contributed by atoms with Crippen molar-refractivity contribution in [1.29, 1.82) is 0 Å². The Bertz CT molecular complexity index is 656. The molecule has 1 atom stereocenters. The molecule has 0 aliphatic heterocycles. The molecule has 2 aromatic carbocycles. The predicted molar refractivity (Wildman–Crippen MR) is 96.3 cm³/mol. The van der Waals surface area contributed by atoms with Crippen LogP contribution >= 0.6 is 23.5 Å². The molecule has 2 aromatic rings. The fourth-order valence-corrected chi connectivity index (χ4v) is 4.38. The van der Waals surface area contributed by atoms with E-state index in [4.69, 9.17) is 11.6 Å². The van der Waals surface area contributed by atoms with Gasteiger partial charge in [-0.2, -0.15) is 0 Å². The molecule has 1 unspecified atom stereocenters. The van der Waals surface area contributed by atoms with Crippen LogP contribution in [0.25, 0.3) is 0 Å². The molecule has 0 spiro atoms. The molecule has 0 saturated heterocycles. The highest BCUT2D eigenvalue weighted by molar-refractivity contribution is 7.97. The van der Waals surface area contributed by atoms with Crippen molar-refractivity contribution in [3.63, 3.8) is 0 Å². The predicted octanol–water partition coefficient (Wildman–Crippen LogP) is 6.32. The molecule has 3 rings (SSSR count). The van der Waals surface area contributed by atoms with Crippen molar-refractivity contribution in [2.24, 2.45) is 5.92 Å². The minimum Gasteiger partial charge on any atom is -0.252 e. The van der Waals surface area contributed by atoms with Crippen LogP contribution in [-0.4, -0.2) is 0 Å². The lowest BCUT2D eigenvalue weighted by Gasteiger charge is -2.27. The molecular formula is C19H21ClFNS. The minimum absolute atomic E-state index is 0.0126. The Hall–Kier alpha value is -1.03. The van der Waals surface area contributed by atoms with Gasteiger partial charge in [0.1, 0.15) is 5.82 Å². The first kappa shape index (κ1) is 16.8. The zero-order valence-corrected chi connectivity index (χ0v) is 14.8. The van der Waals surface area contributed by atoms with E-state index in [2.05, 4.69) is 16.9 Å². The largest absolute Gasteiger partial charge is 0.252 e. The second kappa shape index (κ2) is 7.69. The van der Waals surface area contributed by atoms with Gasteiger partial charge >= 0.3 is 0 Å². The number of aryl methyl sites for hydroxylation is 1. The smallest absolute Gasteiger partial charge is 0.146 e. The van der Waals surface area contributed by atoms with Gasteiger partial charge in [-0.3, -0.25) is 4.72 Å². The number of nitrogens with one attached hydrogen (secondary N) is 1. The highest BCUT2D eigenvalue weighted by Crippen LogP contribution is 2.40. The van der Waals surface area contributed by atoms with Gasteiger partial charge in [-0.1, -0.05) is 48.7 Å². The number of halogens is 2. The number of benzene rings is 2. The summed E-state index contributed by atoms with van der Waals surface area (Å²) in [6.07, 6.45) is 4.72. The average Bonchev–Trinajstić information content (AvgIpc) is 3.09. The maximum atomic E-state index is 14.7. The van der Waals surface area contributed by atoms with Gasteiger partial charge < -0.3 is 0 Å². The molecule has 122 valence electrons. The molecule has 0 aromatic heterocycles. The molecule has 1 fully saturated rings. The van der Waals surface area contributed by atoms with E-state index < -0.39 is 0 Å². The van der Waals surface area contributed by atoms with Gasteiger partial charge in [-0.25, -0.2) is 4.39 Å². The molecule has 1 saturated carbocycles. The summed E-state index contributed by atoms with van der Waals surface area (Å²) in [5, 5.41) is 0.208.